The molecule has 2 aliphatic rings. The molecule has 0 radical (unpaired) electrons. The van der Waals surface area contributed by atoms with E-state index in [4.69, 9.17) is 9.15 Å². The van der Waals surface area contributed by atoms with Gasteiger partial charge in [-0.2, -0.15) is 5.10 Å². The number of nitro benzene ring substituents is 1. The number of nitrogens with one attached hydrogen (secondary N) is 1. The Bertz CT molecular complexity index is 982. The molecule has 8 nitrogen and oxygen atoms in total. The molecule has 2 aliphatic carbocycles. The number of carbonyl (C=O) groups excluding carboxylic acids is 1. The van der Waals surface area contributed by atoms with Crippen LogP contribution in [0.1, 0.15) is 38.4 Å². The van der Waals surface area contributed by atoms with Crippen LogP contribution in [0.25, 0.3) is 11.3 Å². The van der Waals surface area contributed by atoms with Gasteiger partial charge in [-0.3, -0.25) is 14.9 Å². The fraction of sp³-hybridized carbons (Fsp3) is 0.429. The number of methoxy groups -OCH3 is 1. The molecule has 2 fully saturated rings. The van der Waals surface area contributed by atoms with Crippen LogP contribution in [0.2, 0.25) is 0 Å². The molecule has 1 amide bonds. The summed E-state index contributed by atoms with van der Waals surface area (Å²) in [6, 6.07) is 7.76. The number of ether oxygens (including phenoxy) is 1. The van der Waals surface area contributed by atoms with E-state index in [9.17, 15) is 14.9 Å². The molecule has 152 valence electrons. The van der Waals surface area contributed by atoms with Gasteiger partial charge in [0.15, 0.2) is 0 Å². The molecule has 0 aliphatic heterocycles. The molecule has 2 aromatic rings. The molecule has 1 heterocycles. The predicted molar refractivity (Wildman–Crippen MR) is 107 cm³/mol. The molecule has 0 spiro atoms. The molecule has 0 unspecified atom stereocenters. The first kappa shape index (κ1) is 19.2. The van der Waals surface area contributed by atoms with E-state index in [0.717, 1.165) is 12.8 Å². The van der Waals surface area contributed by atoms with Crippen LogP contribution in [0.4, 0.5) is 5.69 Å². The number of nitro groups is 1. The number of fused-ring (bicyclic) bond motifs is 1. The fourth-order valence-corrected chi connectivity index (χ4v) is 4.64. The zero-order valence-electron chi connectivity index (χ0n) is 16.4. The topological polar surface area (TPSA) is 107 Å². The van der Waals surface area contributed by atoms with Crippen molar-refractivity contribution in [3.63, 3.8) is 0 Å². The second-order valence-electron chi connectivity index (χ2n) is 7.91. The van der Waals surface area contributed by atoms with E-state index in [0.29, 0.717) is 28.8 Å². The maximum absolute atomic E-state index is 12.4. The Morgan fingerprint density at radius 3 is 2.90 bits per heavy atom. The summed E-state index contributed by atoms with van der Waals surface area (Å²) < 4.78 is 11.0. The van der Waals surface area contributed by atoms with Crippen molar-refractivity contribution in [3.8, 4) is 17.1 Å². The second-order valence-corrected chi connectivity index (χ2v) is 7.91. The van der Waals surface area contributed by atoms with Crippen LogP contribution in [-0.2, 0) is 4.79 Å². The van der Waals surface area contributed by atoms with Crippen molar-refractivity contribution >= 4 is 17.8 Å². The Morgan fingerprint density at radius 1 is 1.38 bits per heavy atom. The van der Waals surface area contributed by atoms with Crippen molar-refractivity contribution in [1.82, 2.24) is 5.43 Å². The van der Waals surface area contributed by atoms with Crippen molar-refractivity contribution in [2.45, 2.75) is 32.6 Å². The van der Waals surface area contributed by atoms with Crippen LogP contribution < -0.4 is 10.2 Å². The molecular formula is C21H23N3O5. The number of non-ortho nitro benzene ring substituents is 1. The molecule has 2 saturated carbocycles. The van der Waals surface area contributed by atoms with E-state index < -0.39 is 4.92 Å². The summed E-state index contributed by atoms with van der Waals surface area (Å²) in [6.07, 6.45) is 6.08. The van der Waals surface area contributed by atoms with Crippen LogP contribution in [0, 0.1) is 27.4 Å². The average molecular weight is 397 g/mol. The van der Waals surface area contributed by atoms with Crippen LogP contribution in [-0.4, -0.2) is 24.2 Å². The highest BCUT2D eigenvalue weighted by Crippen LogP contribution is 2.66. The van der Waals surface area contributed by atoms with E-state index in [-0.39, 0.29) is 22.9 Å². The third-order valence-electron chi connectivity index (χ3n) is 6.27. The number of nitrogens with zero attached hydrogens (tertiary/aromatic N) is 2. The third-order valence-corrected chi connectivity index (χ3v) is 6.27. The maximum Gasteiger partial charge on any atom is 0.273 e. The number of furan rings is 1. The van der Waals surface area contributed by atoms with Gasteiger partial charge < -0.3 is 9.15 Å². The summed E-state index contributed by atoms with van der Waals surface area (Å²) in [5, 5.41) is 15.0. The van der Waals surface area contributed by atoms with Gasteiger partial charge in [-0.25, -0.2) is 5.43 Å². The molecule has 1 aromatic carbocycles. The molecule has 0 saturated heterocycles. The normalized spacial score (nSPS) is 25.4. The van der Waals surface area contributed by atoms with Gasteiger partial charge >= 0.3 is 0 Å². The van der Waals surface area contributed by atoms with E-state index in [1.807, 2.05) is 0 Å². The molecule has 3 atom stereocenters. The van der Waals surface area contributed by atoms with Gasteiger partial charge in [0, 0.05) is 12.0 Å². The van der Waals surface area contributed by atoms with Crippen LogP contribution >= 0.6 is 0 Å². The highest BCUT2D eigenvalue weighted by atomic mass is 16.6. The van der Waals surface area contributed by atoms with Gasteiger partial charge in [-0.05, 0) is 42.4 Å². The predicted octanol–water partition coefficient (Wildman–Crippen LogP) is 4.14. The lowest BCUT2D eigenvalue weighted by molar-refractivity contribution is -0.384. The van der Waals surface area contributed by atoms with Gasteiger partial charge in [-0.15, -0.1) is 0 Å². The molecule has 1 aromatic heterocycles. The summed E-state index contributed by atoms with van der Waals surface area (Å²) in [4.78, 5) is 22.9. The molecular weight excluding hydrogens is 374 g/mol. The van der Waals surface area contributed by atoms with Gasteiger partial charge in [-0.1, -0.05) is 19.8 Å². The minimum Gasteiger partial charge on any atom is -0.496 e. The average Bonchev–Trinajstić information content (AvgIpc) is 3.08. The zero-order chi connectivity index (χ0) is 20.6. The monoisotopic (exact) mass is 397 g/mol. The van der Waals surface area contributed by atoms with E-state index in [1.54, 1.807) is 18.2 Å². The number of carbonyl (C=O) groups is 1. The summed E-state index contributed by atoms with van der Waals surface area (Å²) in [5.41, 5.74) is 3.31. The lowest BCUT2D eigenvalue weighted by Gasteiger charge is -2.15. The molecule has 29 heavy (non-hydrogen) atoms. The van der Waals surface area contributed by atoms with Crippen molar-refractivity contribution in [2.24, 2.45) is 22.4 Å². The van der Waals surface area contributed by atoms with Gasteiger partial charge in [0.25, 0.3) is 5.69 Å². The third kappa shape index (κ3) is 3.50. The Kier molecular flexibility index (Phi) is 4.86. The smallest absolute Gasteiger partial charge is 0.273 e. The Morgan fingerprint density at radius 2 is 2.21 bits per heavy atom. The number of benzene rings is 1. The van der Waals surface area contributed by atoms with Crippen molar-refractivity contribution in [2.75, 3.05) is 7.11 Å². The van der Waals surface area contributed by atoms with Crippen LogP contribution in [0.15, 0.2) is 39.9 Å². The van der Waals surface area contributed by atoms with Crippen molar-refractivity contribution in [1.29, 1.82) is 0 Å². The Labute approximate surface area is 168 Å². The molecule has 8 heteroatoms. The van der Waals surface area contributed by atoms with Gasteiger partial charge in [0.2, 0.25) is 5.91 Å². The summed E-state index contributed by atoms with van der Waals surface area (Å²) in [5.74, 6) is 1.80. The van der Waals surface area contributed by atoms with Crippen LogP contribution in [0.5, 0.6) is 5.75 Å². The van der Waals surface area contributed by atoms with E-state index in [1.165, 1.54) is 38.3 Å². The second kappa shape index (κ2) is 7.35. The number of rotatable bonds is 6. The van der Waals surface area contributed by atoms with Crippen LogP contribution in [0.3, 0.4) is 0 Å². The van der Waals surface area contributed by atoms with E-state index >= 15 is 0 Å². The molecule has 0 bridgehead atoms. The largest absolute Gasteiger partial charge is 0.496 e. The Hall–Kier alpha value is -3.16. The first-order valence-corrected chi connectivity index (χ1v) is 9.69. The number of amides is 1. The molecule has 4 rings (SSSR count). The Balaban J connectivity index is 1.42. The quantitative estimate of drug-likeness (QED) is 0.448. The van der Waals surface area contributed by atoms with E-state index in [2.05, 4.69) is 17.5 Å². The first-order valence-electron chi connectivity index (χ1n) is 9.69. The maximum atomic E-state index is 12.4. The summed E-state index contributed by atoms with van der Waals surface area (Å²) >= 11 is 0. The van der Waals surface area contributed by atoms with Crippen molar-refractivity contribution in [3.05, 3.63) is 46.2 Å². The first-order chi connectivity index (χ1) is 13.9. The lowest BCUT2D eigenvalue weighted by atomic mass is 9.90. The number of hydrogen-bond donors (Lipinski definition) is 1. The lowest BCUT2D eigenvalue weighted by Crippen LogP contribution is -2.22. The highest BCUT2D eigenvalue weighted by molar-refractivity contribution is 5.85. The van der Waals surface area contributed by atoms with Gasteiger partial charge in [0.1, 0.15) is 17.3 Å². The molecule has 1 N–H and O–H groups in total. The van der Waals surface area contributed by atoms with Crippen molar-refractivity contribution < 1.29 is 18.9 Å². The fourth-order valence-electron chi connectivity index (χ4n) is 4.64. The standard InChI is InChI=1S/C21H23N3O5/c1-21-10-4-3-5-16(21)19(21)20(25)23-22-12-14-7-9-17(29-14)15-8-6-13(24(26)27)11-18(15)28-2/h6-9,11-12,16,19H,3-5,10H2,1-2H3,(H,23,25)/b22-12-/t16-,19-,21+/m0/s1. The minimum absolute atomic E-state index is 0.0283. The summed E-state index contributed by atoms with van der Waals surface area (Å²) in [7, 11) is 1.44. The summed E-state index contributed by atoms with van der Waals surface area (Å²) in [6.45, 7) is 2.20. The highest BCUT2D eigenvalue weighted by Gasteiger charge is 2.64. The zero-order valence-corrected chi connectivity index (χ0v) is 16.4. The number of hydrazone groups is 1. The minimum atomic E-state index is -0.481. The number of hydrogen-bond acceptors (Lipinski definition) is 6. The SMILES string of the molecule is COc1cc([N+](=O)[O-])ccc1-c1ccc(/C=N\NC(=O)[C@@H]2[C@@H]3CCCC[C@@]23C)o1. The van der Waals surface area contributed by atoms with Gasteiger partial charge in [0.05, 0.1) is 29.9 Å².